The van der Waals surface area contributed by atoms with Crippen LogP contribution in [0.15, 0.2) is 68.5 Å². The molecule has 0 atom stereocenters. The minimum atomic E-state index is -5.10. The van der Waals surface area contributed by atoms with E-state index in [9.17, 15) is 9.59 Å². The normalized spacial score (nSPS) is 14.5. The van der Waals surface area contributed by atoms with Crippen LogP contribution in [0.5, 0.6) is 11.5 Å². The number of esters is 2. The van der Waals surface area contributed by atoms with Gasteiger partial charge in [-0.2, -0.15) is 0 Å². The number of rotatable bonds is 8. The summed E-state index contributed by atoms with van der Waals surface area (Å²) in [6.45, 7) is 3.04. The Hall–Kier alpha value is -3.23. The zero-order chi connectivity index (χ0) is 26.7. The third-order valence-electron chi connectivity index (χ3n) is 6.39. The van der Waals surface area contributed by atoms with E-state index in [0.29, 0.717) is 7.76 Å². The predicted octanol–water partition coefficient (Wildman–Crippen LogP) is 5.67. The Kier molecular flexibility index (Phi) is 8.00. The fourth-order valence-electron chi connectivity index (χ4n) is 4.73. The van der Waals surface area contributed by atoms with Gasteiger partial charge >= 0.3 is 216 Å². The Morgan fingerprint density at radius 2 is 1.14 bits per heavy atom. The number of benzene rings is 2. The SMILES string of the molecule is CCC(=O)Oc1ccc(F)[c]([Ti]([C]2=CC=CC2)([C]2=CC=CC2)[c]2c(F)ccc(OC(=O)CC)c2F)c1F. The summed E-state index contributed by atoms with van der Waals surface area (Å²) >= 11 is -5.10. The Balaban J connectivity index is 2.13. The summed E-state index contributed by atoms with van der Waals surface area (Å²) in [6.07, 6.45) is 10.4. The van der Waals surface area contributed by atoms with Crippen LogP contribution in [-0.4, -0.2) is 11.9 Å². The van der Waals surface area contributed by atoms with Crippen molar-refractivity contribution in [2.75, 3.05) is 0 Å². The van der Waals surface area contributed by atoms with Crippen molar-refractivity contribution in [2.24, 2.45) is 0 Å². The van der Waals surface area contributed by atoms with Gasteiger partial charge in [-0.3, -0.25) is 0 Å². The molecule has 2 aromatic carbocycles. The van der Waals surface area contributed by atoms with Crippen molar-refractivity contribution >= 4 is 19.7 Å². The average molecular weight is 548 g/mol. The van der Waals surface area contributed by atoms with Crippen LogP contribution in [0.3, 0.4) is 0 Å². The van der Waals surface area contributed by atoms with Gasteiger partial charge in [0.1, 0.15) is 0 Å². The molecular formula is C28H24F4O4Ti. The molecule has 2 aliphatic carbocycles. The van der Waals surface area contributed by atoms with E-state index in [4.69, 9.17) is 9.47 Å². The molecule has 0 spiro atoms. The van der Waals surface area contributed by atoms with E-state index in [1.165, 1.54) is 13.8 Å². The Labute approximate surface area is 215 Å². The van der Waals surface area contributed by atoms with Gasteiger partial charge < -0.3 is 0 Å². The number of hydrogen-bond acceptors (Lipinski definition) is 4. The van der Waals surface area contributed by atoms with Crippen LogP contribution in [0.2, 0.25) is 0 Å². The van der Waals surface area contributed by atoms with E-state index in [1.807, 2.05) is 0 Å². The Bertz CT molecular complexity index is 1290. The maximum absolute atomic E-state index is 16.3. The molecule has 0 saturated heterocycles. The number of halogens is 4. The van der Waals surface area contributed by atoms with Crippen LogP contribution < -0.4 is 17.2 Å². The van der Waals surface area contributed by atoms with Gasteiger partial charge in [0, 0.05) is 0 Å². The van der Waals surface area contributed by atoms with Gasteiger partial charge in [0.05, 0.1) is 0 Å². The number of hydrogen-bond donors (Lipinski definition) is 0. The summed E-state index contributed by atoms with van der Waals surface area (Å²) in [5, 5.41) is 0. The van der Waals surface area contributed by atoms with Crippen LogP contribution in [0.25, 0.3) is 0 Å². The predicted molar refractivity (Wildman–Crippen MR) is 128 cm³/mol. The van der Waals surface area contributed by atoms with Gasteiger partial charge in [0.15, 0.2) is 0 Å². The van der Waals surface area contributed by atoms with Gasteiger partial charge in [-0.05, 0) is 0 Å². The minimum absolute atomic E-state index is 0.0586. The topological polar surface area (TPSA) is 52.6 Å². The van der Waals surface area contributed by atoms with E-state index >= 15 is 17.6 Å². The van der Waals surface area contributed by atoms with Crippen molar-refractivity contribution in [3.05, 3.63) is 91.7 Å². The molecule has 0 aromatic heterocycles. The van der Waals surface area contributed by atoms with Crippen LogP contribution in [0.1, 0.15) is 39.5 Å². The molecule has 9 heteroatoms. The second-order valence-corrected chi connectivity index (χ2v) is 14.4. The fourth-order valence-corrected chi connectivity index (χ4v) is 13.0. The van der Waals surface area contributed by atoms with Crippen molar-refractivity contribution in [3.63, 3.8) is 0 Å². The van der Waals surface area contributed by atoms with Gasteiger partial charge in [-0.15, -0.1) is 0 Å². The monoisotopic (exact) mass is 548 g/mol. The van der Waals surface area contributed by atoms with E-state index < -0.39 is 71.0 Å². The van der Waals surface area contributed by atoms with E-state index in [2.05, 4.69) is 0 Å². The molecule has 0 N–H and O–H groups in total. The van der Waals surface area contributed by atoms with Crippen molar-refractivity contribution in [2.45, 2.75) is 39.5 Å². The number of carbonyl (C=O) groups excluding carboxylic acids is 2. The zero-order valence-electron chi connectivity index (χ0n) is 20.2. The first kappa shape index (κ1) is 26.8. The molecule has 0 heterocycles. The molecule has 2 aliphatic rings. The molecule has 0 unspecified atom stereocenters. The first-order valence-corrected chi connectivity index (χ1v) is 15.0. The standard InChI is InChI=1S/2C9H7F2O2.2C5H5.Ti/c2*1-2-9(12)13-8-4-3-6(10)5-7(8)11;2*1-2-4-5-3-1;/h2*3-4H,2H2,1H3;2*1-3H,4H2;. The number of ether oxygens (including phenoxy) is 2. The summed E-state index contributed by atoms with van der Waals surface area (Å²) in [5.41, 5.74) is 0. The molecule has 4 nitrogen and oxygen atoms in total. The Morgan fingerprint density at radius 1 is 0.730 bits per heavy atom. The summed E-state index contributed by atoms with van der Waals surface area (Å²) in [4.78, 5) is 23.9. The van der Waals surface area contributed by atoms with Gasteiger partial charge in [0.25, 0.3) is 0 Å². The molecule has 0 saturated carbocycles. The van der Waals surface area contributed by atoms with Crippen LogP contribution >= 0.6 is 0 Å². The van der Waals surface area contributed by atoms with Crippen molar-refractivity contribution in [1.82, 2.24) is 0 Å². The molecule has 0 fully saturated rings. The molecule has 37 heavy (non-hydrogen) atoms. The molecule has 0 aliphatic heterocycles. The number of allylic oxidation sites excluding steroid dienone is 8. The second-order valence-electron chi connectivity index (χ2n) is 8.52. The molecule has 0 bridgehead atoms. The molecule has 2 aromatic rings. The first-order valence-electron chi connectivity index (χ1n) is 11.9. The fraction of sp³-hybridized carbons (Fsp3) is 0.214. The summed E-state index contributed by atoms with van der Waals surface area (Å²) in [6, 6.07) is 3.87. The van der Waals surface area contributed by atoms with E-state index in [-0.39, 0.29) is 25.7 Å². The van der Waals surface area contributed by atoms with E-state index in [1.54, 1.807) is 36.5 Å². The molecule has 0 amide bonds. The maximum atomic E-state index is 16.3. The first-order chi connectivity index (χ1) is 17.7. The summed E-state index contributed by atoms with van der Waals surface area (Å²) < 4.78 is 74.3. The van der Waals surface area contributed by atoms with Gasteiger partial charge in [0.2, 0.25) is 0 Å². The van der Waals surface area contributed by atoms with Crippen molar-refractivity contribution < 1.29 is 53.2 Å². The summed E-state index contributed by atoms with van der Waals surface area (Å²) in [5.74, 6) is -6.92. The third kappa shape index (κ3) is 4.76. The Morgan fingerprint density at radius 3 is 1.46 bits per heavy atom. The van der Waals surface area contributed by atoms with Crippen LogP contribution in [-0.2, 0) is 26.2 Å². The quantitative estimate of drug-likeness (QED) is 0.185. The van der Waals surface area contributed by atoms with Crippen molar-refractivity contribution in [3.8, 4) is 11.5 Å². The average Bonchev–Trinajstić information content (AvgIpc) is 3.61. The van der Waals surface area contributed by atoms with Gasteiger partial charge in [-0.25, -0.2) is 0 Å². The molecule has 192 valence electrons. The summed E-state index contributed by atoms with van der Waals surface area (Å²) in [7, 11) is 0. The van der Waals surface area contributed by atoms with Crippen LogP contribution in [0, 0.1) is 23.3 Å². The molecule has 4 rings (SSSR count). The zero-order valence-corrected chi connectivity index (χ0v) is 21.8. The van der Waals surface area contributed by atoms with Crippen molar-refractivity contribution in [1.29, 1.82) is 0 Å². The van der Waals surface area contributed by atoms with Gasteiger partial charge in [-0.1, -0.05) is 0 Å². The third-order valence-corrected chi connectivity index (χ3v) is 14.3. The molecule has 0 radical (unpaired) electrons. The molecular weight excluding hydrogens is 524 g/mol. The number of carbonyl (C=O) groups is 2. The second kappa shape index (κ2) is 11.0. The van der Waals surface area contributed by atoms with Crippen LogP contribution in [0.4, 0.5) is 17.6 Å². The van der Waals surface area contributed by atoms with E-state index in [0.717, 1.165) is 24.3 Å².